The monoisotopic (exact) mass is 374 g/mol. The zero-order valence-corrected chi connectivity index (χ0v) is 16.5. The number of carbonyl (C=O) groups excluding carboxylic acids is 1. The average Bonchev–Trinajstić information content (AvgIpc) is 2.62. The molecule has 0 heterocycles. The molecule has 26 heavy (non-hydrogen) atoms. The Balaban J connectivity index is 3.12. The van der Waals surface area contributed by atoms with Gasteiger partial charge in [0.1, 0.15) is 6.61 Å². The average molecular weight is 375 g/mol. The standard InChI is InChI=1S/C20H38O6/c1-2-3-4-5-6-7-8-11-14-24-15-16-25-17-18-26-20(23)13-10-9-12-19(21)22/h2-18H2,1H3,(H,21,22). The largest absolute Gasteiger partial charge is 0.481 e. The Morgan fingerprint density at radius 3 is 1.85 bits per heavy atom. The lowest BCUT2D eigenvalue weighted by Crippen LogP contribution is -2.13. The van der Waals surface area contributed by atoms with E-state index in [2.05, 4.69) is 6.92 Å². The molecule has 0 aromatic carbocycles. The Morgan fingerprint density at radius 2 is 1.19 bits per heavy atom. The van der Waals surface area contributed by atoms with Crippen molar-refractivity contribution in [1.29, 1.82) is 0 Å². The molecule has 0 unspecified atom stereocenters. The summed E-state index contributed by atoms with van der Waals surface area (Å²) in [6.45, 7) is 4.69. The van der Waals surface area contributed by atoms with Crippen molar-refractivity contribution in [3.8, 4) is 0 Å². The van der Waals surface area contributed by atoms with Gasteiger partial charge in [0.05, 0.1) is 19.8 Å². The van der Waals surface area contributed by atoms with Crippen molar-refractivity contribution in [2.45, 2.75) is 84.0 Å². The van der Waals surface area contributed by atoms with Gasteiger partial charge >= 0.3 is 11.9 Å². The lowest BCUT2D eigenvalue weighted by molar-refractivity contribution is -0.146. The van der Waals surface area contributed by atoms with Gasteiger partial charge in [0.2, 0.25) is 0 Å². The number of hydrogen-bond donors (Lipinski definition) is 1. The molecule has 6 nitrogen and oxygen atoms in total. The molecule has 0 saturated carbocycles. The Bertz CT molecular complexity index is 332. The van der Waals surface area contributed by atoms with E-state index < -0.39 is 5.97 Å². The van der Waals surface area contributed by atoms with Crippen LogP contribution in [0.15, 0.2) is 0 Å². The first kappa shape index (κ1) is 24.9. The maximum atomic E-state index is 11.4. The summed E-state index contributed by atoms with van der Waals surface area (Å²) < 4.78 is 15.9. The molecule has 0 atom stereocenters. The molecule has 6 heteroatoms. The second-order valence-corrected chi connectivity index (χ2v) is 6.52. The molecule has 0 bridgehead atoms. The number of rotatable bonds is 20. The molecule has 0 aliphatic heterocycles. The zero-order chi connectivity index (χ0) is 19.3. The highest BCUT2D eigenvalue weighted by Gasteiger charge is 2.04. The number of carbonyl (C=O) groups is 2. The van der Waals surface area contributed by atoms with Crippen LogP contribution in [0.25, 0.3) is 0 Å². The third-order valence-electron chi connectivity index (χ3n) is 4.03. The highest BCUT2D eigenvalue weighted by Crippen LogP contribution is 2.08. The summed E-state index contributed by atoms with van der Waals surface area (Å²) in [4.78, 5) is 21.7. The molecule has 0 fully saturated rings. The Hall–Kier alpha value is -1.14. The van der Waals surface area contributed by atoms with Crippen molar-refractivity contribution in [3.63, 3.8) is 0 Å². The summed E-state index contributed by atoms with van der Waals surface area (Å²) in [5.41, 5.74) is 0. The van der Waals surface area contributed by atoms with E-state index in [-0.39, 0.29) is 25.4 Å². The molecule has 0 aromatic heterocycles. The quantitative estimate of drug-likeness (QED) is 0.252. The fourth-order valence-electron chi connectivity index (χ4n) is 2.49. The van der Waals surface area contributed by atoms with E-state index in [1.807, 2.05) is 0 Å². The van der Waals surface area contributed by atoms with Gasteiger partial charge in [-0.3, -0.25) is 9.59 Å². The Kier molecular flexibility index (Phi) is 19.3. The lowest BCUT2D eigenvalue weighted by Gasteiger charge is -2.07. The van der Waals surface area contributed by atoms with Gasteiger partial charge in [-0.25, -0.2) is 0 Å². The SMILES string of the molecule is CCCCCCCCCCOCCOCCOC(=O)CCCCC(=O)O. The summed E-state index contributed by atoms with van der Waals surface area (Å²) in [5.74, 6) is -1.14. The van der Waals surface area contributed by atoms with Gasteiger partial charge in [0, 0.05) is 19.4 Å². The van der Waals surface area contributed by atoms with Crippen LogP contribution < -0.4 is 0 Å². The highest BCUT2D eigenvalue weighted by molar-refractivity contribution is 5.69. The number of aliphatic carboxylic acids is 1. The predicted molar refractivity (Wildman–Crippen MR) is 101 cm³/mol. The van der Waals surface area contributed by atoms with Crippen molar-refractivity contribution in [3.05, 3.63) is 0 Å². The third kappa shape index (κ3) is 20.9. The molecule has 0 radical (unpaired) electrons. The predicted octanol–water partition coefficient (Wildman–Crippen LogP) is 4.35. The van der Waals surface area contributed by atoms with Crippen LogP contribution in [-0.2, 0) is 23.8 Å². The van der Waals surface area contributed by atoms with Crippen molar-refractivity contribution >= 4 is 11.9 Å². The van der Waals surface area contributed by atoms with Crippen molar-refractivity contribution in [1.82, 2.24) is 0 Å². The molecular weight excluding hydrogens is 336 g/mol. The van der Waals surface area contributed by atoms with E-state index in [1.54, 1.807) is 0 Å². The van der Waals surface area contributed by atoms with Crippen LogP contribution in [0.1, 0.15) is 84.0 Å². The maximum absolute atomic E-state index is 11.4. The number of carboxylic acids is 1. The first-order valence-corrected chi connectivity index (χ1v) is 10.2. The van der Waals surface area contributed by atoms with Crippen LogP contribution in [0, 0.1) is 0 Å². The van der Waals surface area contributed by atoms with Gasteiger partial charge in [0.15, 0.2) is 0 Å². The lowest BCUT2D eigenvalue weighted by atomic mass is 10.1. The van der Waals surface area contributed by atoms with Crippen LogP contribution >= 0.6 is 0 Å². The molecule has 154 valence electrons. The number of esters is 1. The topological polar surface area (TPSA) is 82.1 Å². The first-order valence-electron chi connectivity index (χ1n) is 10.2. The fraction of sp³-hybridized carbons (Fsp3) is 0.900. The van der Waals surface area contributed by atoms with E-state index in [1.165, 1.54) is 44.9 Å². The van der Waals surface area contributed by atoms with E-state index in [0.29, 0.717) is 32.7 Å². The van der Waals surface area contributed by atoms with Gasteiger partial charge in [-0.2, -0.15) is 0 Å². The van der Waals surface area contributed by atoms with Crippen molar-refractivity contribution in [2.24, 2.45) is 0 Å². The molecule has 0 spiro atoms. The third-order valence-corrected chi connectivity index (χ3v) is 4.03. The van der Waals surface area contributed by atoms with Crippen molar-refractivity contribution < 1.29 is 28.9 Å². The van der Waals surface area contributed by atoms with Gasteiger partial charge in [0.25, 0.3) is 0 Å². The smallest absolute Gasteiger partial charge is 0.305 e. The first-order chi connectivity index (χ1) is 12.7. The highest BCUT2D eigenvalue weighted by atomic mass is 16.6. The second kappa shape index (κ2) is 20.2. The minimum atomic E-state index is -0.837. The number of hydrogen-bond acceptors (Lipinski definition) is 5. The van der Waals surface area contributed by atoms with E-state index in [0.717, 1.165) is 13.0 Å². The van der Waals surface area contributed by atoms with E-state index >= 15 is 0 Å². The molecule has 0 aliphatic rings. The summed E-state index contributed by atoms with van der Waals surface area (Å²) >= 11 is 0. The van der Waals surface area contributed by atoms with Crippen LogP contribution in [0.4, 0.5) is 0 Å². The van der Waals surface area contributed by atoms with Gasteiger partial charge in [-0.05, 0) is 19.3 Å². The van der Waals surface area contributed by atoms with Gasteiger partial charge < -0.3 is 19.3 Å². The van der Waals surface area contributed by atoms with Crippen LogP contribution in [0.3, 0.4) is 0 Å². The summed E-state index contributed by atoms with van der Waals surface area (Å²) in [5, 5.41) is 8.49. The minimum absolute atomic E-state index is 0.0926. The van der Waals surface area contributed by atoms with Gasteiger partial charge in [-0.15, -0.1) is 0 Å². The molecule has 1 N–H and O–H groups in total. The molecule has 0 aromatic rings. The Labute approximate surface area is 158 Å². The maximum Gasteiger partial charge on any atom is 0.305 e. The molecule has 0 aliphatic carbocycles. The zero-order valence-electron chi connectivity index (χ0n) is 16.5. The molecular formula is C20H38O6. The van der Waals surface area contributed by atoms with Crippen molar-refractivity contribution in [2.75, 3.05) is 33.0 Å². The normalized spacial score (nSPS) is 10.8. The number of carboxylic acid groups (broad SMARTS) is 1. The van der Waals surface area contributed by atoms with Crippen LogP contribution in [0.5, 0.6) is 0 Å². The van der Waals surface area contributed by atoms with Crippen LogP contribution in [0.2, 0.25) is 0 Å². The van der Waals surface area contributed by atoms with Gasteiger partial charge in [-0.1, -0.05) is 51.9 Å². The summed E-state index contributed by atoms with van der Waals surface area (Å²) in [7, 11) is 0. The summed E-state index contributed by atoms with van der Waals surface area (Å²) in [6, 6.07) is 0. The van der Waals surface area contributed by atoms with E-state index in [4.69, 9.17) is 19.3 Å². The fourth-order valence-corrected chi connectivity index (χ4v) is 2.49. The minimum Gasteiger partial charge on any atom is -0.481 e. The molecule has 0 saturated heterocycles. The molecule has 0 rings (SSSR count). The summed E-state index contributed by atoms with van der Waals surface area (Å²) in [6.07, 6.45) is 11.7. The Morgan fingerprint density at radius 1 is 0.654 bits per heavy atom. The molecule has 0 amide bonds. The number of ether oxygens (including phenoxy) is 3. The van der Waals surface area contributed by atoms with E-state index in [9.17, 15) is 9.59 Å². The second-order valence-electron chi connectivity index (χ2n) is 6.52. The van der Waals surface area contributed by atoms with Crippen LogP contribution in [-0.4, -0.2) is 50.1 Å². The number of unbranched alkanes of at least 4 members (excludes halogenated alkanes) is 8.